The SMILES string of the molecule is C[C@@H]1CCCCO[C@@H](CN(C)C(=O)C2CCCCC2)[C@H](C)CN([C@@H](C)CO)C(=O)c2cc(NS(C)(=O)=O)ccc2O1. The van der Waals surface area contributed by atoms with Crippen LogP contribution in [0.4, 0.5) is 5.69 Å². The van der Waals surface area contributed by atoms with Crippen LogP contribution in [0.25, 0.3) is 0 Å². The van der Waals surface area contributed by atoms with Gasteiger partial charge in [-0.05, 0) is 64.2 Å². The minimum atomic E-state index is -3.56. The fourth-order valence-electron chi connectivity index (χ4n) is 5.68. The summed E-state index contributed by atoms with van der Waals surface area (Å²) in [4.78, 5) is 30.7. The number of carbonyl (C=O) groups is 2. The van der Waals surface area contributed by atoms with Crippen LogP contribution in [0.3, 0.4) is 0 Å². The topological polar surface area (TPSA) is 125 Å². The lowest BCUT2D eigenvalue weighted by atomic mass is 9.88. The van der Waals surface area contributed by atoms with Gasteiger partial charge in [0.2, 0.25) is 15.9 Å². The second kappa shape index (κ2) is 15.2. The molecule has 1 aromatic carbocycles. The summed E-state index contributed by atoms with van der Waals surface area (Å²) < 4.78 is 38.8. The van der Waals surface area contributed by atoms with Crippen LogP contribution in [-0.4, -0.2) is 93.0 Å². The van der Waals surface area contributed by atoms with Crippen molar-refractivity contribution in [2.75, 3.05) is 44.3 Å². The molecule has 1 aliphatic carbocycles. The Hall–Kier alpha value is -2.37. The van der Waals surface area contributed by atoms with Crippen molar-refractivity contribution in [1.29, 1.82) is 0 Å². The second-order valence-corrected chi connectivity index (χ2v) is 13.7. The van der Waals surface area contributed by atoms with E-state index < -0.39 is 16.1 Å². The number of fused-ring (bicyclic) bond motifs is 1. The van der Waals surface area contributed by atoms with Crippen LogP contribution in [0.1, 0.15) is 82.5 Å². The molecule has 4 atom stereocenters. The molecule has 232 valence electrons. The second-order valence-electron chi connectivity index (χ2n) is 11.9. The van der Waals surface area contributed by atoms with E-state index in [0.717, 1.165) is 51.2 Å². The van der Waals surface area contributed by atoms with E-state index in [1.54, 1.807) is 28.9 Å². The van der Waals surface area contributed by atoms with E-state index in [1.807, 2.05) is 20.9 Å². The molecule has 0 unspecified atom stereocenters. The zero-order valence-electron chi connectivity index (χ0n) is 25.3. The highest BCUT2D eigenvalue weighted by molar-refractivity contribution is 7.92. The lowest BCUT2D eigenvalue weighted by molar-refractivity contribution is -0.137. The van der Waals surface area contributed by atoms with Crippen molar-refractivity contribution in [2.24, 2.45) is 11.8 Å². The smallest absolute Gasteiger partial charge is 0.258 e. The molecule has 2 N–H and O–H groups in total. The molecule has 11 heteroatoms. The minimum absolute atomic E-state index is 0.0581. The maximum atomic E-state index is 14.1. The molecular formula is C30H49N3O7S. The summed E-state index contributed by atoms with van der Waals surface area (Å²) in [5.41, 5.74) is 0.475. The Morgan fingerprint density at radius 1 is 1.15 bits per heavy atom. The van der Waals surface area contributed by atoms with E-state index in [0.29, 0.717) is 18.9 Å². The van der Waals surface area contributed by atoms with Gasteiger partial charge in [-0.3, -0.25) is 14.3 Å². The molecular weight excluding hydrogens is 546 g/mol. The van der Waals surface area contributed by atoms with Crippen molar-refractivity contribution >= 4 is 27.5 Å². The number of nitrogens with one attached hydrogen (secondary N) is 1. The van der Waals surface area contributed by atoms with Crippen LogP contribution in [-0.2, 0) is 19.6 Å². The first-order chi connectivity index (χ1) is 19.4. The Morgan fingerprint density at radius 2 is 1.83 bits per heavy atom. The molecule has 0 radical (unpaired) electrons. The third-order valence-electron chi connectivity index (χ3n) is 8.14. The quantitative estimate of drug-likeness (QED) is 0.490. The highest BCUT2D eigenvalue weighted by atomic mass is 32.2. The Morgan fingerprint density at radius 3 is 2.49 bits per heavy atom. The third kappa shape index (κ3) is 9.85. The molecule has 1 aromatic rings. The van der Waals surface area contributed by atoms with Gasteiger partial charge in [-0.25, -0.2) is 8.42 Å². The van der Waals surface area contributed by atoms with Crippen LogP contribution in [0.5, 0.6) is 5.75 Å². The minimum Gasteiger partial charge on any atom is -0.490 e. The van der Waals surface area contributed by atoms with Gasteiger partial charge in [0.1, 0.15) is 5.75 Å². The molecule has 41 heavy (non-hydrogen) atoms. The largest absolute Gasteiger partial charge is 0.490 e. The first-order valence-corrected chi connectivity index (χ1v) is 16.9. The average molecular weight is 596 g/mol. The van der Waals surface area contributed by atoms with Crippen molar-refractivity contribution in [3.63, 3.8) is 0 Å². The van der Waals surface area contributed by atoms with Crippen molar-refractivity contribution in [3.05, 3.63) is 23.8 Å². The van der Waals surface area contributed by atoms with Gasteiger partial charge in [0.15, 0.2) is 0 Å². The Bertz CT molecular complexity index is 1120. The van der Waals surface area contributed by atoms with Gasteiger partial charge in [-0.1, -0.05) is 26.2 Å². The number of sulfonamides is 1. The van der Waals surface area contributed by atoms with Crippen molar-refractivity contribution < 1.29 is 32.6 Å². The number of carbonyl (C=O) groups excluding carboxylic acids is 2. The zero-order chi connectivity index (χ0) is 30.2. The molecule has 1 aliphatic heterocycles. The summed E-state index contributed by atoms with van der Waals surface area (Å²) >= 11 is 0. The van der Waals surface area contributed by atoms with Crippen LogP contribution in [0.15, 0.2) is 18.2 Å². The summed E-state index contributed by atoms with van der Waals surface area (Å²) in [7, 11) is -1.73. The number of hydrogen-bond acceptors (Lipinski definition) is 7. The summed E-state index contributed by atoms with van der Waals surface area (Å²) in [6, 6.07) is 4.17. The normalized spacial score (nSPS) is 24.5. The molecule has 0 spiro atoms. The molecule has 1 heterocycles. The Kier molecular flexibility index (Phi) is 12.3. The number of aliphatic hydroxyl groups excluding tert-OH is 1. The number of likely N-dealkylation sites (N-methyl/N-ethyl adjacent to an activating group) is 1. The molecule has 0 aromatic heterocycles. The van der Waals surface area contributed by atoms with Crippen LogP contribution >= 0.6 is 0 Å². The van der Waals surface area contributed by atoms with Gasteiger partial charge in [0, 0.05) is 44.3 Å². The van der Waals surface area contributed by atoms with Crippen molar-refractivity contribution in [2.45, 2.75) is 90.4 Å². The van der Waals surface area contributed by atoms with Crippen molar-refractivity contribution in [3.8, 4) is 5.75 Å². The lowest BCUT2D eigenvalue weighted by Crippen LogP contribution is -2.48. The molecule has 3 rings (SSSR count). The number of amides is 2. The highest BCUT2D eigenvalue weighted by Crippen LogP contribution is 2.29. The Balaban J connectivity index is 1.92. The summed E-state index contributed by atoms with van der Waals surface area (Å²) in [5, 5.41) is 10.1. The number of aliphatic hydroxyl groups is 1. The molecule has 2 amide bonds. The van der Waals surface area contributed by atoms with E-state index in [9.17, 15) is 23.1 Å². The van der Waals surface area contributed by atoms with E-state index in [-0.39, 0.29) is 60.3 Å². The average Bonchev–Trinajstić information content (AvgIpc) is 2.93. The molecule has 1 fully saturated rings. The fraction of sp³-hybridized carbons (Fsp3) is 0.733. The van der Waals surface area contributed by atoms with E-state index in [1.165, 1.54) is 12.5 Å². The first-order valence-electron chi connectivity index (χ1n) is 15.0. The van der Waals surface area contributed by atoms with Gasteiger partial charge < -0.3 is 24.4 Å². The van der Waals surface area contributed by atoms with E-state index >= 15 is 0 Å². The van der Waals surface area contributed by atoms with Gasteiger partial charge in [0.25, 0.3) is 5.91 Å². The summed E-state index contributed by atoms with van der Waals surface area (Å²) in [6.45, 7) is 6.69. The third-order valence-corrected chi connectivity index (χ3v) is 8.75. The number of anilines is 1. The molecule has 2 aliphatic rings. The summed E-state index contributed by atoms with van der Waals surface area (Å²) in [5.74, 6) is 0.0514. The predicted octanol–water partition coefficient (Wildman–Crippen LogP) is 3.89. The zero-order valence-corrected chi connectivity index (χ0v) is 26.1. The molecule has 10 nitrogen and oxygen atoms in total. The van der Waals surface area contributed by atoms with Crippen molar-refractivity contribution in [1.82, 2.24) is 9.80 Å². The number of benzene rings is 1. The Labute approximate surface area is 245 Å². The monoisotopic (exact) mass is 595 g/mol. The number of nitrogens with zero attached hydrogens (tertiary/aromatic N) is 2. The van der Waals surface area contributed by atoms with Gasteiger partial charge in [-0.15, -0.1) is 0 Å². The predicted molar refractivity (Wildman–Crippen MR) is 160 cm³/mol. The summed E-state index contributed by atoms with van der Waals surface area (Å²) in [6.07, 6.45) is 8.21. The van der Waals surface area contributed by atoms with Crippen LogP contribution < -0.4 is 9.46 Å². The number of ether oxygens (including phenoxy) is 2. The van der Waals surface area contributed by atoms with Gasteiger partial charge in [0.05, 0.1) is 36.7 Å². The molecule has 0 bridgehead atoms. The highest BCUT2D eigenvalue weighted by Gasteiger charge is 2.32. The van der Waals surface area contributed by atoms with Crippen LogP contribution in [0, 0.1) is 11.8 Å². The number of rotatable bonds is 7. The maximum Gasteiger partial charge on any atom is 0.258 e. The standard InChI is InChI=1S/C30H49N3O7S/c1-21-18-33(22(2)20-34)30(36)26-17-25(31-41(5,37)38)14-15-27(26)40-23(3)11-9-10-16-39-28(21)19-32(4)29(35)24-12-7-6-8-13-24/h14-15,17,21-24,28,31,34H,6-13,16,18-20H2,1-5H3/t21-,22+,23-,28+/m1/s1. The van der Waals surface area contributed by atoms with Gasteiger partial charge >= 0.3 is 0 Å². The lowest BCUT2D eigenvalue weighted by Gasteiger charge is -2.36. The molecule has 0 saturated heterocycles. The molecule has 1 saturated carbocycles. The maximum absolute atomic E-state index is 14.1. The van der Waals surface area contributed by atoms with Gasteiger partial charge in [-0.2, -0.15) is 0 Å². The fourth-order valence-corrected chi connectivity index (χ4v) is 6.24. The van der Waals surface area contributed by atoms with Crippen LogP contribution in [0.2, 0.25) is 0 Å². The van der Waals surface area contributed by atoms with E-state index in [2.05, 4.69) is 4.72 Å². The first kappa shape index (κ1) is 33.1. The number of hydrogen-bond donors (Lipinski definition) is 2. The van der Waals surface area contributed by atoms with E-state index in [4.69, 9.17) is 9.47 Å².